The molecule has 19 heavy (non-hydrogen) atoms. The Hall–Kier alpha value is -2.08. The number of rotatable bonds is 3. The van der Waals surface area contributed by atoms with E-state index < -0.39 is 11.5 Å². The van der Waals surface area contributed by atoms with E-state index >= 15 is 0 Å². The summed E-state index contributed by atoms with van der Waals surface area (Å²) in [4.78, 5) is 25.1. The first-order valence-electron chi connectivity index (χ1n) is 5.50. The van der Waals surface area contributed by atoms with Crippen molar-refractivity contribution in [2.45, 2.75) is 6.54 Å². The van der Waals surface area contributed by atoms with E-state index in [0.717, 1.165) is 16.1 Å². The van der Waals surface area contributed by atoms with Crippen molar-refractivity contribution in [3.05, 3.63) is 62.4 Å². The highest BCUT2D eigenvalue weighted by molar-refractivity contribution is 9.10. The largest absolute Gasteiger partial charge is 0.494 e. The van der Waals surface area contributed by atoms with Crippen LogP contribution in [0.3, 0.4) is 0 Å². The van der Waals surface area contributed by atoms with E-state index in [4.69, 9.17) is 0 Å². The smallest absolute Gasteiger partial charge is 0.251 e. The molecule has 0 fully saturated rings. The normalized spacial score (nSPS) is 10.2. The van der Waals surface area contributed by atoms with E-state index in [-0.39, 0.29) is 11.4 Å². The van der Waals surface area contributed by atoms with Crippen LogP contribution in [0.25, 0.3) is 0 Å². The Bertz CT molecular complexity index is 667. The number of halogens is 1. The highest BCUT2D eigenvalue weighted by Crippen LogP contribution is 2.11. The molecule has 0 aliphatic rings. The fourth-order valence-corrected chi connectivity index (χ4v) is 2.04. The summed E-state index contributed by atoms with van der Waals surface area (Å²) in [5.74, 6) is -0.749. The Morgan fingerprint density at radius 2 is 2.11 bits per heavy atom. The third kappa shape index (κ3) is 3.69. The van der Waals surface area contributed by atoms with Crippen LogP contribution in [0.2, 0.25) is 0 Å². The molecule has 0 saturated carbocycles. The van der Waals surface area contributed by atoms with Gasteiger partial charge in [-0.05, 0) is 17.7 Å². The number of benzene rings is 1. The third-order valence-corrected chi connectivity index (χ3v) is 2.93. The molecule has 0 atom stereocenters. The van der Waals surface area contributed by atoms with Crippen LogP contribution in [-0.2, 0) is 6.54 Å². The molecule has 0 aliphatic heterocycles. The highest BCUT2D eigenvalue weighted by atomic mass is 79.9. The first-order chi connectivity index (χ1) is 9.04. The maximum atomic E-state index is 11.8. The van der Waals surface area contributed by atoms with Gasteiger partial charge in [0, 0.05) is 23.2 Å². The zero-order valence-corrected chi connectivity index (χ0v) is 11.4. The lowest BCUT2D eigenvalue weighted by Gasteiger charge is -2.06. The van der Waals surface area contributed by atoms with Crippen molar-refractivity contribution in [3.63, 3.8) is 0 Å². The summed E-state index contributed by atoms with van der Waals surface area (Å²) >= 11 is 3.34. The number of carbonyl (C=O) groups is 1. The number of carbonyl (C=O) groups excluding carboxylic acids is 1. The molecule has 0 spiro atoms. The van der Waals surface area contributed by atoms with Crippen molar-refractivity contribution in [2.24, 2.45) is 0 Å². The summed E-state index contributed by atoms with van der Waals surface area (Å²) in [6.07, 6.45) is 0. The minimum Gasteiger partial charge on any atom is -0.494 e. The quantitative estimate of drug-likeness (QED) is 0.805. The fourth-order valence-electron chi connectivity index (χ4n) is 1.59. The minimum absolute atomic E-state index is 0.122. The number of nitrogens with one attached hydrogen (secondary N) is 2. The maximum absolute atomic E-state index is 11.8. The maximum Gasteiger partial charge on any atom is 0.251 e. The zero-order valence-electron chi connectivity index (χ0n) is 9.81. The molecule has 1 amide bonds. The molecule has 6 heteroatoms. The molecule has 5 nitrogen and oxygen atoms in total. The Kier molecular flexibility index (Phi) is 4.01. The average molecular weight is 323 g/mol. The number of pyridine rings is 1. The molecule has 0 radical (unpaired) electrons. The SMILES string of the molecule is O=C(NCc1cccc(Br)c1)c1cc(O)[nH]c(=O)c1. The van der Waals surface area contributed by atoms with E-state index in [1.807, 2.05) is 24.3 Å². The van der Waals surface area contributed by atoms with E-state index in [1.165, 1.54) is 6.07 Å². The van der Waals surface area contributed by atoms with Gasteiger partial charge in [-0.25, -0.2) is 0 Å². The fraction of sp³-hybridized carbons (Fsp3) is 0.0769. The van der Waals surface area contributed by atoms with Crippen LogP contribution in [0, 0.1) is 0 Å². The summed E-state index contributed by atoms with van der Waals surface area (Å²) in [6, 6.07) is 9.86. The van der Waals surface area contributed by atoms with Gasteiger partial charge in [-0.15, -0.1) is 0 Å². The van der Waals surface area contributed by atoms with E-state index in [1.54, 1.807) is 0 Å². The van der Waals surface area contributed by atoms with Crippen LogP contribution in [0.5, 0.6) is 5.88 Å². The Morgan fingerprint density at radius 1 is 1.32 bits per heavy atom. The Balaban J connectivity index is 2.07. The van der Waals surface area contributed by atoms with Gasteiger partial charge in [-0.3, -0.25) is 14.6 Å². The number of H-pyrrole nitrogens is 1. The van der Waals surface area contributed by atoms with Crippen molar-refractivity contribution in [3.8, 4) is 5.88 Å². The first kappa shape index (κ1) is 13.4. The van der Waals surface area contributed by atoms with Gasteiger partial charge in [-0.1, -0.05) is 28.1 Å². The van der Waals surface area contributed by atoms with Gasteiger partial charge in [0.2, 0.25) is 0 Å². The number of aromatic hydroxyl groups is 1. The topological polar surface area (TPSA) is 82.2 Å². The number of aromatic nitrogens is 1. The molecule has 2 rings (SSSR count). The molecule has 1 aromatic carbocycles. The van der Waals surface area contributed by atoms with Gasteiger partial charge in [0.1, 0.15) is 0 Å². The van der Waals surface area contributed by atoms with Crippen LogP contribution in [0.15, 0.2) is 45.7 Å². The van der Waals surface area contributed by atoms with Gasteiger partial charge in [0.25, 0.3) is 11.5 Å². The van der Waals surface area contributed by atoms with E-state index in [2.05, 4.69) is 26.2 Å². The van der Waals surface area contributed by atoms with Gasteiger partial charge in [0.15, 0.2) is 5.88 Å². The zero-order chi connectivity index (χ0) is 13.8. The van der Waals surface area contributed by atoms with Gasteiger partial charge in [-0.2, -0.15) is 0 Å². The van der Waals surface area contributed by atoms with Crippen molar-refractivity contribution in [1.82, 2.24) is 10.3 Å². The number of amides is 1. The summed E-state index contributed by atoms with van der Waals surface area (Å²) < 4.78 is 0.924. The second-order valence-electron chi connectivity index (χ2n) is 3.93. The molecule has 0 saturated heterocycles. The summed E-state index contributed by atoms with van der Waals surface area (Å²) in [7, 11) is 0. The summed E-state index contributed by atoms with van der Waals surface area (Å²) in [5, 5.41) is 11.9. The Labute approximate surface area is 117 Å². The van der Waals surface area contributed by atoms with Crippen LogP contribution >= 0.6 is 15.9 Å². The number of hydrogen-bond acceptors (Lipinski definition) is 3. The average Bonchev–Trinajstić information content (AvgIpc) is 2.35. The number of aromatic amines is 1. The van der Waals surface area contributed by atoms with Gasteiger partial charge >= 0.3 is 0 Å². The second kappa shape index (κ2) is 5.71. The van der Waals surface area contributed by atoms with E-state index in [0.29, 0.717) is 6.54 Å². The molecule has 0 bridgehead atoms. The molecule has 3 N–H and O–H groups in total. The van der Waals surface area contributed by atoms with E-state index in [9.17, 15) is 14.7 Å². The molecular formula is C13H11BrN2O3. The molecule has 0 unspecified atom stereocenters. The first-order valence-corrected chi connectivity index (χ1v) is 6.30. The van der Waals surface area contributed by atoms with Crippen LogP contribution in [0.4, 0.5) is 0 Å². The van der Waals surface area contributed by atoms with Crippen molar-refractivity contribution < 1.29 is 9.90 Å². The van der Waals surface area contributed by atoms with Crippen LogP contribution in [0.1, 0.15) is 15.9 Å². The Morgan fingerprint density at radius 3 is 2.79 bits per heavy atom. The molecule has 0 aliphatic carbocycles. The lowest BCUT2D eigenvalue weighted by molar-refractivity contribution is 0.0950. The standard InChI is InChI=1S/C13H11BrN2O3/c14-10-3-1-2-8(4-10)7-15-13(19)9-5-11(17)16-12(18)6-9/h1-6H,7H2,(H,15,19)(H2,16,17,18). The highest BCUT2D eigenvalue weighted by Gasteiger charge is 2.07. The summed E-state index contributed by atoms with van der Waals surface area (Å²) in [6.45, 7) is 0.339. The lowest BCUT2D eigenvalue weighted by Crippen LogP contribution is -2.24. The van der Waals surface area contributed by atoms with Gasteiger partial charge < -0.3 is 10.4 Å². The molecule has 1 aromatic heterocycles. The molecule has 2 aromatic rings. The third-order valence-electron chi connectivity index (χ3n) is 2.43. The predicted molar refractivity (Wildman–Crippen MR) is 74.0 cm³/mol. The predicted octanol–water partition coefficient (Wildman–Crippen LogP) is 1.77. The van der Waals surface area contributed by atoms with Crippen LogP contribution < -0.4 is 10.9 Å². The van der Waals surface area contributed by atoms with Crippen molar-refractivity contribution in [2.75, 3.05) is 0 Å². The van der Waals surface area contributed by atoms with Crippen molar-refractivity contribution in [1.29, 1.82) is 0 Å². The summed E-state index contributed by atoms with van der Waals surface area (Å²) in [5.41, 5.74) is 0.528. The molecular weight excluding hydrogens is 312 g/mol. The van der Waals surface area contributed by atoms with Gasteiger partial charge in [0.05, 0.1) is 5.56 Å². The van der Waals surface area contributed by atoms with Crippen LogP contribution in [-0.4, -0.2) is 16.0 Å². The van der Waals surface area contributed by atoms with Crippen molar-refractivity contribution >= 4 is 21.8 Å². The number of hydrogen-bond donors (Lipinski definition) is 3. The molecule has 98 valence electrons. The second-order valence-corrected chi connectivity index (χ2v) is 4.85. The lowest BCUT2D eigenvalue weighted by atomic mass is 10.2. The monoisotopic (exact) mass is 322 g/mol. The minimum atomic E-state index is -0.521. The molecule has 1 heterocycles.